The number of aliphatic hydroxyl groups excluding tert-OH is 1. The van der Waals surface area contributed by atoms with Crippen molar-refractivity contribution in [3.8, 4) is 0 Å². The van der Waals surface area contributed by atoms with E-state index >= 15 is 0 Å². The van der Waals surface area contributed by atoms with Crippen LogP contribution in [-0.4, -0.2) is 47.0 Å². The van der Waals surface area contributed by atoms with E-state index in [2.05, 4.69) is 0 Å². The second-order valence-corrected chi connectivity index (χ2v) is 9.97. The van der Waals surface area contributed by atoms with Crippen LogP contribution < -0.4 is 0 Å². The number of carbonyl (C=O) groups is 1. The number of aliphatic hydroxyl groups is 1. The molecule has 1 unspecified atom stereocenters. The maximum Gasteiger partial charge on any atom is 0.509 e. The average Bonchev–Trinajstić information content (AvgIpc) is 3.27. The van der Waals surface area contributed by atoms with Crippen molar-refractivity contribution >= 4 is 29.5 Å². The largest absolute Gasteiger partial charge is 0.509 e. The Balaban J connectivity index is 1.46. The minimum absolute atomic E-state index is 0.0199. The molecule has 0 bridgehead atoms. The highest BCUT2D eigenvalue weighted by molar-refractivity contribution is 8.01. The number of cyclic esters (lactones) is 2. The number of alkyl halides is 1. The third-order valence-electron chi connectivity index (χ3n) is 5.43. The molecule has 1 saturated heterocycles. The minimum atomic E-state index is -1.09. The van der Waals surface area contributed by atoms with Crippen molar-refractivity contribution in [3.63, 3.8) is 0 Å². The van der Waals surface area contributed by atoms with Crippen molar-refractivity contribution in [2.24, 2.45) is 0 Å². The molecule has 0 saturated carbocycles. The van der Waals surface area contributed by atoms with Gasteiger partial charge < -0.3 is 24.1 Å². The fourth-order valence-corrected chi connectivity index (χ4v) is 5.12. The van der Waals surface area contributed by atoms with Gasteiger partial charge in [-0.1, -0.05) is 78.9 Å². The number of ether oxygens (including phenoxy) is 4. The van der Waals surface area contributed by atoms with Crippen LogP contribution in [0.25, 0.3) is 0 Å². The summed E-state index contributed by atoms with van der Waals surface area (Å²) >= 11 is 8.01. The Morgan fingerprint density at radius 2 is 1.37 bits per heavy atom. The Morgan fingerprint density at radius 3 is 2.00 bits per heavy atom. The molecule has 0 amide bonds. The summed E-state index contributed by atoms with van der Waals surface area (Å²) in [6.45, 7) is 0.518. The summed E-state index contributed by atoms with van der Waals surface area (Å²) in [6.07, 6.45) is -4.60. The van der Waals surface area contributed by atoms with E-state index in [1.54, 1.807) is 0 Å². The van der Waals surface area contributed by atoms with Crippen molar-refractivity contribution in [3.05, 3.63) is 102 Å². The number of rotatable bonds is 12. The van der Waals surface area contributed by atoms with Crippen molar-refractivity contribution in [2.45, 2.75) is 47.2 Å². The highest BCUT2D eigenvalue weighted by atomic mass is 35.5. The third-order valence-corrected chi connectivity index (χ3v) is 6.98. The first-order valence-electron chi connectivity index (χ1n) is 11.3. The molecule has 0 spiro atoms. The van der Waals surface area contributed by atoms with Crippen LogP contribution in [0.2, 0.25) is 0 Å². The first-order chi connectivity index (χ1) is 17.1. The summed E-state index contributed by atoms with van der Waals surface area (Å²) in [6, 6.07) is 28.8. The van der Waals surface area contributed by atoms with Crippen molar-refractivity contribution in [2.75, 3.05) is 6.61 Å². The molecule has 1 aliphatic heterocycles. The second kappa shape index (κ2) is 13.0. The van der Waals surface area contributed by atoms with Gasteiger partial charge in [0, 0.05) is 4.90 Å². The first kappa shape index (κ1) is 25.5. The van der Waals surface area contributed by atoms with E-state index in [9.17, 15) is 9.90 Å². The van der Waals surface area contributed by atoms with Crippen LogP contribution in [0, 0.1) is 0 Å². The van der Waals surface area contributed by atoms with Crippen molar-refractivity contribution in [1.82, 2.24) is 0 Å². The fraction of sp³-hybridized carbons (Fsp3) is 0.296. The molecular weight excluding hydrogens is 488 g/mol. The van der Waals surface area contributed by atoms with E-state index in [0.29, 0.717) is 6.61 Å². The highest BCUT2D eigenvalue weighted by Gasteiger charge is 2.49. The monoisotopic (exact) mass is 514 g/mol. The Morgan fingerprint density at radius 1 is 0.829 bits per heavy atom. The van der Waals surface area contributed by atoms with Crippen LogP contribution in [0.1, 0.15) is 11.1 Å². The van der Waals surface area contributed by atoms with Crippen LogP contribution in [-0.2, 0) is 32.2 Å². The molecule has 6 nitrogen and oxygen atoms in total. The Kier molecular flexibility index (Phi) is 9.45. The van der Waals surface area contributed by atoms with E-state index < -0.39 is 35.3 Å². The molecule has 35 heavy (non-hydrogen) atoms. The number of halogens is 1. The molecular formula is C27H27ClO6S. The molecule has 5 atom stereocenters. The smallest absolute Gasteiger partial charge is 0.424 e. The Labute approximate surface area is 214 Å². The van der Waals surface area contributed by atoms with Gasteiger partial charge in [0.05, 0.1) is 19.8 Å². The summed E-state index contributed by atoms with van der Waals surface area (Å²) in [5.41, 5.74) is 1.90. The number of carbonyl (C=O) groups excluding carboxylic acids is 1. The van der Waals surface area contributed by atoms with Crippen LogP contribution in [0.15, 0.2) is 95.9 Å². The normalized spacial score (nSPS) is 20.0. The summed E-state index contributed by atoms with van der Waals surface area (Å²) in [5, 5.41) is 11.1. The maximum atomic E-state index is 12.1. The van der Waals surface area contributed by atoms with Gasteiger partial charge in [-0.3, -0.25) is 0 Å². The quantitative estimate of drug-likeness (QED) is 0.197. The lowest BCUT2D eigenvalue weighted by Crippen LogP contribution is -2.48. The molecule has 1 aliphatic rings. The van der Waals surface area contributed by atoms with Crippen LogP contribution in [0.5, 0.6) is 0 Å². The average molecular weight is 515 g/mol. The number of hydrogen-bond acceptors (Lipinski definition) is 7. The molecule has 0 radical (unpaired) electrons. The molecule has 4 rings (SSSR count). The minimum Gasteiger partial charge on any atom is -0.424 e. The SMILES string of the molecule is O=C1O[C@@H]([C@@H](OCc2ccccc2)[C@H](O)COCc2ccccc2)[C@H](C(Cl)Sc2ccccc2)O1. The van der Waals surface area contributed by atoms with E-state index in [-0.39, 0.29) is 13.2 Å². The van der Waals surface area contributed by atoms with E-state index in [4.69, 9.17) is 30.5 Å². The molecule has 1 heterocycles. The molecule has 0 aromatic heterocycles. The van der Waals surface area contributed by atoms with Gasteiger partial charge in [-0.2, -0.15) is 0 Å². The number of benzene rings is 3. The topological polar surface area (TPSA) is 74.2 Å². The van der Waals surface area contributed by atoms with Gasteiger partial charge in [0.1, 0.15) is 16.9 Å². The van der Waals surface area contributed by atoms with Crippen LogP contribution in [0.4, 0.5) is 4.79 Å². The molecule has 3 aromatic carbocycles. The zero-order valence-electron chi connectivity index (χ0n) is 18.9. The zero-order chi connectivity index (χ0) is 24.5. The van der Waals surface area contributed by atoms with Crippen LogP contribution in [0.3, 0.4) is 0 Å². The van der Waals surface area contributed by atoms with Gasteiger partial charge in [-0.15, -0.1) is 23.4 Å². The molecule has 8 heteroatoms. The van der Waals surface area contributed by atoms with E-state index in [1.165, 1.54) is 11.8 Å². The van der Waals surface area contributed by atoms with Gasteiger partial charge >= 0.3 is 6.16 Å². The Hall–Kier alpha value is -2.55. The zero-order valence-corrected chi connectivity index (χ0v) is 20.5. The summed E-state index contributed by atoms with van der Waals surface area (Å²) in [5.74, 6) is 0. The summed E-state index contributed by atoms with van der Waals surface area (Å²) < 4.78 is 22.1. The molecule has 1 fully saturated rings. The van der Waals surface area contributed by atoms with Gasteiger partial charge in [-0.05, 0) is 23.3 Å². The lowest BCUT2D eigenvalue weighted by Gasteiger charge is -2.30. The molecule has 0 aliphatic carbocycles. The van der Waals surface area contributed by atoms with E-state index in [1.807, 2.05) is 91.0 Å². The lowest BCUT2D eigenvalue weighted by atomic mass is 10.0. The molecule has 1 N–H and O–H groups in total. The Bertz CT molecular complexity index is 1040. The lowest BCUT2D eigenvalue weighted by molar-refractivity contribution is -0.126. The number of hydrogen-bond donors (Lipinski definition) is 1. The van der Waals surface area contributed by atoms with Gasteiger partial charge in [0.25, 0.3) is 0 Å². The fourth-order valence-electron chi connectivity index (χ4n) is 3.70. The maximum absolute atomic E-state index is 12.1. The van der Waals surface area contributed by atoms with Gasteiger partial charge in [0.2, 0.25) is 0 Å². The first-order valence-corrected chi connectivity index (χ1v) is 12.6. The highest BCUT2D eigenvalue weighted by Crippen LogP contribution is 2.36. The standard InChI is InChI=1S/C27H27ClO6S/c28-26(35-21-14-8-3-9-15-21)25-24(33-27(30)34-25)23(32-17-20-12-6-2-7-13-20)22(29)18-31-16-19-10-4-1-5-11-19/h1-15,22-26,29H,16-18H2/t22-,23+,24+,25-,26?/m1/s1. The van der Waals surface area contributed by atoms with Crippen LogP contribution >= 0.6 is 23.4 Å². The summed E-state index contributed by atoms with van der Waals surface area (Å²) in [7, 11) is 0. The predicted molar refractivity (Wildman–Crippen MR) is 134 cm³/mol. The second-order valence-electron chi connectivity index (χ2n) is 8.03. The molecule has 3 aromatic rings. The van der Waals surface area contributed by atoms with E-state index in [0.717, 1.165) is 16.0 Å². The van der Waals surface area contributed by atoms with Crippen molar-refractivity contribution < 1.29 is 28.8 Å². The predicted octanol–water partition coefficient (Wildman–Crippen LogP) is 5.41. The third kappa shape index (κ3) is 7.46. The van der Waals surface area contributed by atoms with Crippen molar-refractivity contribution in [1.29, 1.82) is 0 Å². The van der Waals surface area contributed by atoms with Gasteiger partial charge in [-0.25, -0.2) is 4.79 Å². The molecule has 184 valence electrons. The number of thioether (sulfide) groups is 1. The van der Waals surface area contributed by atoms with Gasteiger partial charge in [0.15, 0.2) is 12.2 Å². The summed E-state index contributed by atoms with van der Waals surface area (Å²) in [4.78, 5) is 13.1.